The minimum Gasteiger partial charge on any atom is -0.300 e. The summed E-state index contributed by atoms with van der Waals surface area (Å²) in [6.07, 6.45) is 17.8. The van der Waals surface area contributed by atoms with Crippen molar-refractivity contribution in [3.05, 3.63) is 12.2 Å². The fraction of sp³-hybridized carbons (Fsp3) is 0.812. The molecule has 0 saturated carbocycles. The van der Waals surface area contributed by atoms with Crippen molar-refractivity contribution in [1.29, 1.82) is 0 Å². The summed E-state index contributed by atoms with van der Waals surface area (Å²) in [6, 6.07) is 0. The summed E-state index contributed by atoms with van der Waals surface area (Å²) >= 11 is 0. The molecule has 0 bridgehead atoms. The first-order valence-electron chi connectivity index (χ1n) is 7.47. The van der Waals surface area contributed by atoms with Gasteiger partial charge in [-0.25, -0.2) is 0 Å². The molecule has 0 saturated heterocycles. The zero-order valence-electron chi connectivity index (χ0n) is 11.4. The zero-order chi connectivity index (χ0) is 12.3. The summed E-state index contributed by atoms with van der Waals surface area (Å²) in [5.41, 5.74) is 0. The normalized spacial score (nSPS) is 28.1. The highest BCUT2D eigenvalue weighted by Gasteiger charge is 2.06. The molecule has 1 aliphatic carbocycles. The Labute approximate surface area is 107 Å². The molecule has 1 aliphatic rings. The monoisotopic (exact) mass is 236 g/mol. The van der Waals surface area contributed by atoms with Gasteiger partial charge in [0.1, 0.15) is 5.78 Å². The van der Waals surface area contributed by atoms with Crippen LogP contribution in [0.2, 0.25) is 0 Å². The molecule has 0 aromatic heterocycles. The lowest BCUT2D eigenvalue weighted by Crippen LogP contribution is -2.03. The van der Waals surface area contributed by atoms with Gasteiger partial charge in [-0.15, -0.1) is 0 Å². The fourth-order valence-electron chi connectivity index (χ4n) is 2.50. The molecule has 0 heterocycles. The van der Waals surface area contributed by atoms with Gasteiger partial charge in [0.25, 0.3) is 0 Å². The molecule has 0 amide bonds. The van der Waals surface area contributed by atoms with E-state index in [2.05, 4.69) is 19.1 Å². The predicted octanol–water partition coefficient (Wildman–Crippen LogP) is 5.05. The van der Waals surface area contributed by atoms with Gasteiger partial charge in [-0.05, 0) is 25.2 Å². The van der Waals surface area contributed by atoms with Crippen molar-refractivity contribution in [2.45, 2.75) is 77.6 Å². The first-order chi connectivity index (χ1) is 8.29. The summed E-state index contributed by atoms with van der Waals surface area (Å²) < 4.78 is 0. The third-order valence-corrected chi connectivity index (χ3v) is 3.59. The van der Waals surface area contributed by atoms with Crippen LogP contribution in [0.15, 0.2) is 12.2 Å². The van der Waals surface area contributed by atoms with E-state index in [0.29, 0.717) is 11.7 Å². The summed E-state index contributed by atoms with van der Waals surface area (Å²) in [7, 11) is 0. The number of hydrogen-bond acceptors (Lipinski definition) is 1. The molecule has 98 valence electrons. The van der Waals surface area contributed by atoms with Gasteiger partial charge in [0.2, 0.25) is 0 Å². The third kappa shape index (κ3) is 8.18. The number of Topliss-reactive ketones (excluding diaryl/α,β-unsaturated/α-hetero) is 1. The van der Waals surface area contributed by atoms with Crippen LogP contribution in [0, 0.1) is 5.92 Å². The predicted molar refractivity (Wildman–Crippen MR) is 74.1 cm³/mol. The van der Waals surface area contributed by atoms with Crippen LogP contribution >= 0.6 is 0 Å². The molecule has 1 heteroatoms. The summed E-state index contributed by atoms with van der Waals surface area (Å²) in [4.78, 5) is 11.7. The van der Waals surface area contributed by atoms with E-state index in [0.717, 1.165) is 19.3 Å². The van der Waals surface area contributed by atoms with Crippen LogP contribution in [0.4, 0.5) is 0 Å². The second-order valence-corrected chi connectivity index (χ2v) is 5.52. The minimum atomic E-state index is 0.438. The molecule has 0 N–H and O–H groups in total. The van der Waals surface area contributed by atoms with Gasteiger partial charge in [0.05, 0.1) is 0 Å². The van der Waals surface area contributed by atoms with Crippen LogP contribution in [-0.4, -0.2) is 5.78 Å². The SMILES string of the molecule is C[C@@H]1/C=C\CCCCCCCCCCC(=O)C1. The number of allylic oxidation sites excluding steroid dienone is 2. The smallest absolute Gasteiger partial charge is 0.133 e. The highest BCUT2D eigenvalue weighted by molar-refractivity contribution is 5.78. The van der Waals surface area contributed by atoms with E-state index < -0.39 is 0 Å². The zero-order valence-corrected chi connectivity index (χ0v) is 11.4. The van der Waals surface area contributed by atoms with Crippen LogP contribution < -0.4 is 0 Å². The number of carbonyl (C=O) groups excluding carboxylic acids is 1. The van der Waals surface area contributed by atoms with E-state index >= 15 is 0 Å². The highest BCUT2D eigenvalue weighted by Crippen LogP contribution is 2.14. The Kier molecular flexibility index (Phi) is 8.04. The van der Waals surface area contributed by atoms with Crippen LogP contribution in [0.5, 0.6) is 0 Å². The van der Waals surface area contributed by atoms with Crippen molar-refractivity contribution < 1.29 is 4.79 Å². The molecule has 1 nitrogen and oxygen atoms in total. The van der Waals surface area contributed by atoms with E-state index in [4.69, 9.17) is 0 Å². The number of hydrogen-bond donors (Lipinski definition) is 0. The maximum atomic E-state index is 11.7. The lowest BCUT2D eigenvalue weighted by molar-refractivity contribution is -0.119. The van der Waals surface area contributed by atoms with E-state index in [-0.39, 0.29) is 0 Å². The Hall–Kier alpha value is -0.590. The second kappa shape index (κ2) is 9.44. The lowest BCUT2D eigenvalue weighted by Gasteiger charge is -2.05. The van der Waals surface area contributed by atoms with Gasteiger partial charge >= 0.3 is 0 Å². The van der Waals surface area contributed by atoms with Crippen molar-refractivity contribution in [1.82, 2.24) is 0 Å². The van der Waals surface area contributed by atoms with Crippen molar-refractivity contribution >= 4 is 5.78 Å². The maximum absolute atomic E-state index is 11.7. The van der Waals surface area contributed by atoms with Gasteiger partial charge in [0.15, 0.2) is 0 Å². The van der Waals surface area contributed by atoms with E-state index in [1.807, 2.05) is 0 Å². The summed E-state index contributed by atoms with van der Waals surface area (Å²) in [6.45, 7) is 2.16. The lowest BCUT2D eigenvalue weighted by atomic mass is 10.00. The molecule has 0 aromatic rings. The average Bonchev–Trinajstić information content (AvgIpc) is 2.30. The van der Waals surface area contributed by atoms with Gasteiger partial charge in [-0.1, -0.05) is 57.6 Å². The number of carbonyl (C=O) groups is 1. The molecule has 0 aliphatic heterocycles. The van der Waals surface area contributed by atoms with Crippen LogP contribution in [0.3, 0.4) is 0 Å². The molecule has 0 fully saturated rings. The highest BCUT2D eigenvalue weighted by atomic mass is 16.1. The van der Waals surface area contributed by atoms with Crippen molar-refractivity contribution in [3.63, 3.8) is 0 Å². The van der Waals surface area contributed by atoms with Crippen LogP contribution in [0.25, 0.3) is 0 Å². The molecule has 1 atom stereocenters. The Balaban J connectivity index is 2.31. The first kappa shape index (κ1) is 14.5. The summed E-state index contributed by atoms with van der Waals surface area (Å²) in [5.74, 6) is 0.893. The van der Waals surface area contributed by atoms with Crippen molar-refractivity contribution in [2.75, 3.05) is 0 Å². The average molecular weight is 236 g/mol. The molecule has 0 aromatic carbocycles. The molecule has 0 unspecified atom stereocenters. The molecule has 1 rings (SSSR count). The Bertz CT molecular complexity index is 230. The van der Waals surface area contributed by atoms with Gasteiger partial charge < -0.3 is 0 Å². The fourth-order valence-corrected chi connectivity index (χ4v) is 2.50. The number of ketones is 1. The van der Waals surface area contributed by atoms with Crippen molar-refractivity contribution in [3.8, 4) is 0 Å². The Morgan fingerprint density at radius 1 is 0.941 bits per heavy atom. The molecule has 17 heavy (non-hydrogen) atoms. The maximum Gasteiger partial charge on any atom is 0.133 e. The first-order valence-corrected chi connectivity index (χ1v) is 7.47. The summed E-state index contributed by atoms with van der Waals surface area (Å²) in [5, 5.41) is 0. The molecular formula is C16H28O. The molecule has 0 spiro atoms. The van der Waals surface area contributed by atoms with Crippen LogP contribution in [0.1, 0.15) is 77.6 Å². The molecule has 0 radical (unpaired) electrons. The number of rotatable bonds is 0. The van der Waals surface area contributed by atoms with E-state index in [1.54, 1.807) is 0 Å². The Morgan fingerprint density at radius 3 is 2.24 bits per heavy atom. The second-order valence-electron chi connectivity index (χ2n) is 5.52. The van der Waals surface area contributed by atoms with Gasteiger partial charge in [-0.3, -0.25) is 4.79 Å². The quantitative estimate of drug-likeness (QED) is 0.538. The third-order valence-electron chi connectivity index (χ3n) is 3.59. The van der Waals surface area contributed by atoms with Gasteiger partial charge in [0, 0.05) is 12.8 Å². The van der Waals surface area contributed by atoms with E-state index in [1.165, 1.54) is 51.4 Å². The largest absolute Gasteiger partial charge is 0.300 e. The minimum absolute atomic E-state index is 0.438. The topological polar surface area (TPSA) is 17.1 Å². The standard InChI is InChI=1S/C16H28O/c1-15-12-10-8-6-4-2-3-5-7-9-11-13-16(17)14-15/h10,12,15H,2-9,11,13-14H2,1H3/b12-10-/t15-/m1/s1. The van der Waals surface area contributed by atoms with Gasteiger partial charge in [-0.2, -0.15) is 0 Å². The van der Waals surface area contributed by atoms with E-state index in [9.17, 15) is 4.79 Å². The van der Waals surface area contributed by atoms with Crippen LogP contribution in [-0.2, 0) is 4.79 Å². The molecular weight excluding hydrogens is 208 g/mol. The van der Waals surface area contributed by atoms with Crippen molar-refractivity contribution in [2.24, 2.45) is 5.92 Å². The Morgan fingerprint density at radius 2 is 1.53 bits per heavy atom.